The molecule has 3 rings (SSSR count). The second kappa shape index (κ2) is 8.39. The van der Waals surface area contributed by atoms with Crippen LogP contribution in [-0.2, 0) is 4.79 Å². The number of hydrogen-bond donors (Lipinski definition) is 1. The number of carbonyl (C=O) groups is 1. The molecule has 2 heterocycles. The standard InChI is InChI=1S/C19H23N5O/c1-16(17-6-5-9-20-14-17)21-22-19(25)15-23-10-12-24(13-11-23)18-7-3-2-4-8-18/h2-9,14H,10-13,15H2,1H3,(H,22,25). The van der Waals surface area contributed by atoms with Crippen LogP contribution >= 0.6 is 0 Å². The monoisotopic (exact) mass is 337 g/mol. The van der Waals surface area contributed by atoms with Gasteiger partial charge >= 0.3 is 0 Å². The van der Waals surface area contributed by atoms with Gasteiger partial charge < -0.3 is 4.90 Å². The summed E-state index contributed by atoms with van der Waals surface area (Å²) < 4.78 is 0. The lowest BCUT2D eigenvalue weighted by atomic mass is 10.2. The van der Waals surface area contributed by atoms with Crippen LogP contribution in [-0.4, -0.2) is 54.2 Å². The van der Waals surface area contributed by atoms with Crippen molar-refractivity contribution in [3.8, 4) is 0 Å². The lowest BCUT2D eigenvalue weighted by molar-refractivity contribution is -0.122. The fourth-order valence-electron chi connectivity index (χ4n) is 2.83. The number of para-hydroxylation sites is 1. The van der Waals surface area contributed by atoms with Crippen molar-refractivity contribution in [1.82, 2.24) is 15.3 Å². The third-order valence-electron chi connectivity index (χ3n) is 4.29. The van der Waals surface area contributed by atoms with Crippen LogP contribution in [0.2, 0.25) is 0 Å². The highest BCUT2D eigenvalue weighted by molar-refractivity contribution is 5.98. The Kier molecular flexibility index (Phi) is 5.74. The Morgan fingerprint density at radius 2 is 1.88 bits per heavy atom. The topological polar surface area (TPSA) is 60.8 Å². The maximum absolute atomic E-state index is 12.1. The van der Waals surface area contributed by atoms with Crippen LogP contribution in [0.3, 0.4) is 0 Å². The van der Waals surface area contributed by atoms with Crippen molar-refractivity contribution in [1.29, 1.82) is 0 Å². The van der Waals surface area contributed by atoms with Gasteiger partial charge in [-0.05, 0) is 25.1 Å². The molecule has 0 aliphatic carbocycles. The largest absolute Gasteiger partial charge is 0.369 e. The summed E-state index contributed by atoms with van der Waals surface area (Å²) in [5.41, 5.74) is 5.52. The van der Waals surface area contributed by atoms with Crippen molar-refractivity contribution in [2.45, 2.75) is 6.92 Å². The number of nitrogens with one attached hydrogen (secondary N) is 1. The van der Waals surface area contributed by atoms with Gasteiger partial charge in [0.05, 0.1) is 12.3 Å². The van der Waals surface area contributed by atoms with Crippen molar-refractivity contribution in [3.63, 3.8) is 0 Å². The molecule has 1 saturated heterocycles. The van der Waals surface area contributed by atoms with Gasteiger partial charge in [-0.25, -0.2) is 5.43 Å². The number of amides is 1. The first-order chi connectivity index (χ1) is 12.2. The molecule has 0 atom stereocenters. The van der Waals surface area contributed by atoms with Crippen molar-refractivity contribution >= 4 is 17.3 Å². The van der Waals surface area contributed by atoms with Crippen LogP contribution < -0.4 is 10.3 Å². The molecule has 1 aliphatic rings. The van der Waals surface area contributed by atoms with Gasteiger partial charge in [0.25, 0.3) is 5.91 Å². The van der Waals surface area contributed by atoms with Gasteiger partial charge in [-0.1, -0.05) is 24.3 Å². The molecule has 1 N–H and O–H groups in total. The Morgan fingerprint density at radius 1 is 1.12 bits per heavy atom. The van der Waals surface area contributed by atoms with Crippen LogP contribution in [0.1, 0.15) is 12.5 Å². The number of carbonyl (C=O) groups excluding carboxylic acids is 1. The van der Waals surface area contributed by atoms with E-state index in [9.17, 15) is 4.79 Å². The quantitative estimate of drug-likeness (QED) is 0.667. The summed E-state index contributed by atoms with van der Waals surface area (Å²) in [5, 5.41) is 4.16. The third kappa shape index (κ3) is 4.87. The van der Waals surface area contributed by atoms with E-state index in [4.69, 9.17) is 0 Å². The van der Waals surface area contributed by atoms with E-state index in [0.717, 1.165) is 37.5 Å². The zero-order valence-corrected chi connectivity index (χ0v) is 14.4. The summed E-state index contributed by atoms with van der Waals surface area (Å²) in [6.45, 7) is 5.81. The molecule has 1 amide bonds. The number of hydrazone groups is 1. The third-order valence-corrected chi connectivity index (χ3v) is 4.29. The van der Waals surface area contributed by atoms with Crippen molar-refractivity contribution in [2.75, 3.05) is 37.6 Å². The summed E-state index contributed by atoms with van der Waals surface area (Å²) in [4.78, 5) is 20.7. The van der Waals surface area contributed by atoms with Crippen LogP contribution in [0, 0.1) is 0 Å². The molecular weight excluding hydrogens is 314 g/mol. The maximum Gasteiger partial charge on any atom is 0.254 e. The summed E-state index contributed by atoms with van der Waals surface area (Å²) >= 11 is 0. The lowest BCUT2D eigenvalue weighted by Crippen LogP contribution is -2.49. The van der Waals surface area contributed by atoms with Gasteiger partial charge in [0.1, 0.15) is 0 Å². The molecule has 6 heteroatoms. The molecule has 0 unspecified atom stereocenters. The lowest BCUT2D eigenvalue weighted by Gasteiger charge is -2.35. The van der Waals surface area contributed by atoms with Gasteiger partial charge in [0.2, 0.25) is 0 Å². The number of rotatable bonds is 5. The minimum atomic E-state index is -0.0867. The number of benzene rings is 1. The number of piperazine rings is 1. The smallest absolute Gasteiger partial charge is 0.254 e. The molecule has 0 saturated carbocycles. The number of aromatic nitrogens is 1. The van der Waals surface area contributed by atoms with E-state index in [1.807, 2.05) is 25.1 Å². The van der Waals surface area contributed by atoms with E-state index in [1.54, 1.807) is 12.4 Å². The summed E-state index contributed by atoms with van der Waals surface area (Å²) in [5.74, 6) is -0.0867. The average molecular weight is 337 g/mol. The highest BCUT2D eigenvalue weighted by atomic mass is 16.2. The van der Waals surface area contributed by atoms with Gasteiger partial charge in [-0.3, -0.25) is 14.7 Å². The molecule has 130 valence electrons. The molecule has 6 nitrogen and oxygen atoms in total. The van der Waals surface area contributed by atoms with E-state index >= 15 is 0 Å². The van der Waals surface area contributed by atoms with Crippen LogP contribution in [0.4, 0.5) is 5.69 Å². The number of hydrogen-bond acceptors (Lipinski definition) is 5. The maximum atomic E-state index is 12.1. The molecule has 1 fully saturated rings. The van der Waals surface area contributed by atoms with Crippen LogP contribution in [0.5, 0.6) is 0 Å². The van der Waals surface area contributed by atoms with Gasteiger partial charge in [0, 0.05) is 49.8 Å². The van der Waals surface area contributed by atoms with Gasteiger partial charge in [-0.2, -0.15) is 5.10 Å². The first-order valence-corrected chi connectivity index (χ1v) is 8.48. The minimum absolute atomic E-state index is 0.0867. The molecule has 2 aromatic rings. The zero-order valence-electron chi connectivity index (χ0n) is 14.4. The van der Waals surface area contributed by atoms with Gasteiger partial charge in [0.15, 0.2) is 0 Å². The second-order valence-electron chi connectivity index (χ2n) is 6.07. The SMILES string of the molecule is CC(=NNC(=O)CN1CCN(c2ccccc2)CC1)c1cccnc1. The Morgan fingerprint density at radius 3 is 2.56 bits per heavy atom. The number of nitrogens with zero attached hydrogens (tertiary/aromatic N) is 4. The van der Waals surface area contributed by atoms with E-state index in [1.165, 1.54) is 5.69 Å². The highest BCUT2D eigenvalue weighted by Crippen LogP contribution is 2.15. The number of anilines is 1. The Balaban J connectivity index is 1.45. The molecule has 0 bridgehead atoms. The molecule has 0 spiro atoms. The average Bonchev–Trinajstić information content (AvgIpc) is 2.68. The van der Waals surface area contributed by atoms with Crippen molar-refractivity contribution in [3.05, 3.63) is 60.4 Å². The normalized spacial score (nSPS) is 15.9. The molecule has 25 heavy (non-hydrogen) atoms. The minimum Gasteiger partial charge on any atom is -0.369 e. The fraction of sp³-hybridized carbons (Fsp3) is 0.316. The summed E-state index contributed by atoms with van der Waals surface area (Å²) in [6.07, 6.45) is 3.44. The molecular formula is C19H23N5O. The van der Waals surface area contributed by atoms with E-state index in [0.29, 0.717) is 6.54 Å². The fourth-order valence-corrected chi connectivity index (χ4v) is 2.83. The Bertz CT molecular complexity index is 709. The van der Waals surface area contributed by atoms with E-state index in [2.05, 4.69) is 49.6 Å². The summed E-state index contributed by atoms with van der Waals surface area (Å²) in [7, 11) is 0. The van der Waals surface area contributed by atoms with E-state index < -0.39 is 0 Å². The zero-order chi connectivity index (χ0) is 17.5. The molecule has 0 radical (unpaired) electrons. The van der Waals surface area contributed by atoms with Crippen LogP contribution in [0.15, 0.2) is 60.0 Å². The molecule has 1 aromatic heterocycles. The molecule has 1 aromatic carbocycles. The van der Waals surface area contributed by atoms with E-state index in [-0.39, 0.29) is 5.91 Å². The first-order valence-electron chi connectivity index (χ1n) is 8.48. The molecule has 1 aliphatic heterocycles. The van der Waals surface area contributed by atoms with Crippen molar-refractivity contribution in [2.24, 2.45) is 5.10 Å². The first kappa shape index (κ1) is 17.1. The number of pyridine rings is 1. The van der Waals surface area contributed by atoms with Crippen molar-refractivity contribution < 1.29 is 4.79 Å². The predicted molar refractivity (Wildman–Crippen MR) is 99.7 cm³/mol. The predicted octanol–water partition coefficient (Wildman–Crippen LogP) is 1.74. The van der Waals surface area contributed by atoms with Gasteiger partial charge in [-0.15, -0.1) is 0 Å². The Hall–Kier alpha value is -2.73. The van der Waals surface area contributed by atoms with Crippen LogP contribution in [0.25, 0.3) is 0 Å². The highest BCUT2D eigenvalue weighted by Gasteiger charge is 2.18. The summed E-state index contributed by atoms with van der Waals surface area (Å²) in [6, 6.07) is 14.1. The second-order valence-corrected chi connectivity index (χ2v) is 6.07. The Labute approximate surface area is 148 Å².